The number of halogens is 1. The molecule has 5 rings (SSSR count). The largest absolute Gasteiger partial charge is 0.507 e. The van der Waals surface area contributed by atoms with E-state index in [1.807, 2.05) is 49.4 Å². The number of rotatable bonds is 10. The fourth-order valence-corrected chi connectivity index (χ4v) is 4.94. The van der Waals surface area contributed by atoms with Gasteiger partial charge < -0.3 is 24.2 Å². The molecule has 1 atom stereocenters. The van der Waals surface area contributed by atoms with Crippen LogP contribution in [0.5, 0.6) is 23.0 Å². The number of methoxy groups -OCH3 is 1. The molecule has 1 aliphatic rings. The van der Waals surface area contributed by atoms with Gasteiger partial charge in [0.05, 0.1) is 19.8 Å². The van der Waals surface area contributed by atoms with Crippen LogP contribution in [-0.4, -0.2) is 46.4 Å². The molecule has 0 saturated heterocycles. The first-order valence-electron chi connectivity index (χ1n) is 12.5. The average Bonchev–Trinajstić information content (AvgIpc) is 3.48. The van der Waals surface area contributed by atoms with Gasteiger partial charge >= 0.3 is 0 Å². The van der Waals surface area contributed by atoms with Crippen molar-refractivity contribution in [3.05, 3.63) is 101 Å². The molecule has 0 radical (unpaired) electrons. The van der Waals surface area contributed by atoms with E-state index in [-0.39, 0.29) is 11.7 Å². The molecule has 1 amide bonds. The van der Waals surface area contributed by atoms with Crippen LogP contribution in [0.1, 0.15) is 40.1 Å². The van der Waals surface area contributed by atoms with Gasteiger partial charge in [0.25, 0.3) is 5.91 Å². The van der Waals surface area contributed by atoms with Gasteiger partial charge in [0.15, 0.2) is 11.5 Å². The summed E-state index contributed by atoms with van der Waals surface area (Å²) in [6.45, 7) is 6.70. The van der Waals surface area contributed by atoms with Gasteiger partial charge in [0, 0.05) is 22.7 Å². The topological polar surface area (TPSA) is 96.9 Å². The molecule has 9 heteroatoms. The molecule has 0 saturated carbocycles. The van der Waals surface area contributed by atoms with Gasteiger partial charge in [-0.1, -0.05) is 42.5 Å². The van der Waals surface area contributed by atoms with Crippen molar-refractivity contribution in [2.45, 2.75) is 19.5 Å². The van der Waals surface area contributed by atoms with E-state index in [0.29, 0.717) is 58.8 Å². The average molecular weight is 546 g/mol. The normalized spacial score (nSPS) is 14.3. The van der Waals surface area contributed by atoms with E-state index in [1.54, 1.807) is 30.2 Å². The molecular weight excluding hydrogens is 518 g/mol. The van der Waals surface area contributed by atoms with Crippen molar-refractivity contribution in [2.24, 2.45) is 0 Å². The van der Waals surface area contributed by atoms with Gasteiger partial charge in [0.2, 0.25) is 0 Å². The molecule has 0 spiro atoms. The SMILES string of the molecule is C=CCOc1ccc(C2c3c(-c4cc(Cl)ccc4O)n[nH]c3C(=O)N2Cc2ccc(OC)cc2)cc1OCC. The Balaban J connectivity index is 1.65. The van der Waals surface area contributed by atoms with Gasteiger partial charge in [-0.25, -0.2) is 0 Å². The third-order valence-electron chi connectivity index (χ3n) is 6.53. The van der Waals surface area contributed by atoms with E-state index in [9.17, 15) is 9.90 Å². The molecule has 4 aromatic rings. The van der Waals surface area contributed by atoms with Crippen molar-refractivity contribution in [1.29, 1.82) is 0 Å². The van der Waals surface area contributed by atoms with E-state index in [0.717, 1.165) is 16.9 Å². The van der Waals surface area contributed by atoms with Crippen molar-refractivity contribution in [1.82, 2.24) is 15.1 Å². The quantitative estimate of drug-likeness (QED) is 0.232. The van der Waals surface area contributed by atoms with E-state index < -0.39 is 6.04 Å². The lowest BCUT2D eigenvalue weighted by Crippen LogP contribution is -2.29. The van der Waals surface area contributed by atoms with Gasteiger partial charge in [-0.15, -0.1) is 0 Å². The van der Waals surface area contributed by atoms with Crippen LogP contribution in [0.15, 0.2) is 73.3 Å². The molecule has 8 nitrogen and oxygen atoms in total. The van der Waals surface area contributed by atoms with Gasteiger partial charge in [-0.2, -0.15) is 5.10 Å². The highest BCUT2D eigenvalue weighted by Crippen LogP contribution is 2.47. The number of H-pyrrole nitrogens is 1. The number of fused-ring (bicyclic) bond motifs is 1. The number of phenols is 1. The second-order valence-electron chi connectivity index (χ2n) is 8.94. The molecule has 0 bridgehead atoms. The lowest BCUT2D eigenvalue weighted by atomic mass is 9.95. The number of benzene rings is 3. The van der Waals surface area contributed by atoms with Crippen LogP contribution in [0.4, 0.5) is 0 Å². The van der Waals surface area contributed by atoms with Crippen molar-refractivity contribution in [2.75, 3.05) is 20.3 Å². The first kappa shape index (κ1) is 26.2. The summed E-state index contributed by atoms with van der Waals surface area (Å²) in [6, 6.07) is 17.4. The van der Waals surface area contributed by atoms with Crippen LogP contribution < -0.4 is 14.2 Å². The standard InChI is InChI=1S/C30H28ClN3O5/c1-4-14-39-24-13-8-19(15-25(24)38-5-2)29-26-27(22-16-20(31)9-12-23(22)35)32-33-28(26)30(36)34(29)17-18-6-10-21(37-3)11-7-18/h4,6-13,15-16,29,35H,1,5,14,17H2,2-3H3,(H,32,33). The first-order chi connectivity index (χ1) is 18.9. The summed E-state index contributed by atoms with van der Waals surface area (Å²) in [5.41, 5.74) is 3.61. The molecule has 1 unspecified atom stereocenters. The molecule has 0 fully saturated rings. The molecule has 3 aromatic carbocycles. The zero-order valence-electron chi connectivity index (χ0n) is 21.6. The molecule has 1 aromatic heterocycles. The predicted molar refractivity (Wildman–Crippen MR) is 149 cm³/mol. The van der Waals surface area contributed by atoms with Gasteiger partial charge in [-0.3, -0.25) is 9.89 Å². The number of nitrogens with one attached hydrogen (secondary N) is 1. The van der Waals surface area contributed by atoms with Crippen LogP contribution >= 0.6 is 11.6 Å². The molecule has 2 N–H and O–H groups in total. The Morgan fingerprint density at radius 2 is 1.90 bits per heavy atom. The van der Waals surface area contributed by atoms with Crippen LogP contribution in [0.2, 0.25) is 5.02 Å². The van der Waals surface area contributed by atoms with Crippen molar-refractivity contribution < 1.29 is 24.1 Å². The van der Waals surface area contributed by atoms with Crippen molar-refractivity contribution in [3.8, 4) is 34.3 Å². The highest BCUT2D eigenvalue weighted by atomic mass is 35.5. The number of amides is 1. The first-order valence-corrected chi connectivity index (χ1v) is 12.8. The number of carbonyl (C=O) groups is 1. The highest BCUT2D eigenvalue weighted by Gasteiger charge is 2.43. The van der Waals surface area contributed by atoms with Gasteiger partial charge in [0.1, 0.15) is 29.5 Å². The fraction of sp³-hybridized carbons (Fsp3) is 0.200. The summed E-state index contributed by atoms with van der Waals surface area (Å²) < 4.78 is 17.0. The minimum atomic E-state index is -0.533. The maximum absolute atomic E-state index is 13.8. The number of aromatic hydroxyl groups is 1. The van der Waals surface area contributed by atoms with E-state index in [1.165, 1.54) is 6.07 Å². The fourth-order valence-electron chi connectivity index (χ4n) is 4.77. The lowest BCUT2D eigenvalue weighted by Gasteiger charge is -2.27. The molecular formula is C30H28ClN3O5. The third-order valence-corrected chi connectivity index (χ3v) is 6.76. The monoisotopic (exact) mass is 545 g/mol. The Kier molecular flexibility index (Phi) is 7.47. The highest BCUT2D eigenvalue weighted by molar-refractivity contribution is 6.31. The van der Waals surface area contributed by atoms with Crippen LogP contribution in [0.3, 0.4) is 0 Å². The van der Waals surface area contributed by atoms with E-state index in [4.69, 9.17) is 25.8 Å². The summed E-state index contributed by atoms with van der Waals surface area (Å²) in [5, 5.41) is 18.5. The number of hydrogen-bond donors (Lipinski definition) is 2. The second-order valence-corrected chi connectivity index (χ2v) is 9.38. The zero-order chi connectivity index (χ0) is 27.5. The Morgan fingerprint density at radius 3 is 2.62 bits per heavy atom. The number of ether oxygens (including phenoxy) is 3. The van der Waals surface area contributed by atoms with Crippen LogP contribution in [0.25, 0.3) is 11.3 Å². The number of aromatic nitrogens is 2. The van der Waals surface area contributed by atoms with E-state index in [2.05, 4.69) is 16.8 Å². The number of nitrogens with zero attached hydrogens (tertiary/aromatic N) is 2. The number of phenolic OH excluding ortho intramolecular Hbond substituents is 1. The van der Waals surface area contributed by atoms with E-state index >= 15 is 0 Å². The smallest absolute Gasteiger partial charge is 0.273 e. The summed E-state index contributed by atoms with van der Waals surface area (Å²) in [4.78, 5) is 15.6. The van der Waals surface area contributed by atoms with Crippen LogP contribution in [-0.2, 0) is 6.54 Å². The maximum atomic E-state index is 13.8. The predicted octanol–water partition coefficient (Wildman–Crippen LogP) is 6.15. The van der Waals surface area contributed by atoms with Crippen molar-refractivity contribution in [3.63, 3.8) is 0 Å². The van der Waals surface area contributed by atoms with Gasteiger partial charge in [-0.05, 0) is 60.5 Å². The molecule has 39 heavy (non-hydrogen) atoms. The Morgan fingerprint density at radius 1 is 1.10 bits per heavy atom. The Bertz CT molecular complexity index is 1520. The minimum Gasteiger partial charge on any atom is -0.507 e. The third kappa shape index (κ3) is 5.03. The summed E-state index contributed by atoms with van der Waals surface area (Å²) in [6.07, 6.45) is 1.66. The summed E-state index contributed by atoms with van der Waals surface area (Å²) in [5.74, 6) is 1.66. The summed E-state index contributed by atoms with van der Waals surface area (Å²) in [7, 11) is 1.61. The molecule has 2 heterocycles. The maximum Gasteiger partial charge on any atom is 0.273 e. The zero-order valence-corrected chi connectivity index (χ0v) is 22.4. The minimum absolute atomic E-state index is 0.0108. The van der Waals surface area contributed by atoms with Crippen LogP contribution in [0, 0.1) is 0 Å². The molecule has 0 aliphatic carbocycles. The molecule has 1 aliphatic heterocycles. The molecule has 200 valence electrons. The van der Waals surface area contributed by atoms with Crippen molar-refractivity contribution >= 4 is 17.5 Å². The number of carbonyl (C=O) groups excluding carboxylic acids is 1. The lowest BCUT2D eigenvalue weighted by molar-refractivity contribution is 0.0729. The Hall–Kier alpha value is -4.43. The second kappa shape index (κ2) is 11.1. The number of aromatic amines is 1. The number of hydrogen-bond acceptors (Lipinski definition) is 6. The Labute approximate surface area is 231 Å². The summed E-state index contributed by atoms with van der Waals surface area (Å²) >= 11 is 6.27.